The van der Waals surface area contributed by atoms with Crippen molar-refractivity contribution in [2.45, 2.75) is 184 Å². The van der Waals surface area contributed by atoms with Gasteiger partial charge in [-0.2, -0.15) is 0 Å². The predicted molar refractivity (Wildman–Crippen MR) is 215 cm³/mol. The van der Waals surface area contributed by atoms with Gasteiger partial charge in [0.2, 0.25) is 0 Å². The van der Waals surface area contributed by atoms with Gasteiger partial charge in [0.25, 0.3) is 5.91 Å². The van der Waals surface area contributed by atoms with Gasteiger partial charge in [-0.25, -0.2) is 4.79 Å². The van der Waals surface area contributed by atoms with Gasteiger partial charge in [-0.05, 0) is 87.5 Å². The van der Waals surface area contributed by atoms with Crippen LogP contribution in [0.5, 0.6) is 5.75 Å². The highest BCUT2D eigenvalue weighted by molar-refractivity contribution is 5.97. The number of ether oxygens (including phenoxy) is 1. The maximum atomic E-state index is 14.8. The number of benzene rings is 1. The summed E-state index contributed by atoms with van der Waals surface area (Å²) in [7, 11) is 0. The normalized spacial score (nSPS) is 22.6. The SMILES string of the molecule is CCCCN(C(=O)C1=CC(C(C)(C)C)C(OC(=O)c2cc(C(C)(C)C)c(O)c(C(C)(C)C)c2)(C(C)(C)C)C=C1)C1CC(C)(C)N(OC(C)=O)C(C)(C)C1. The Bertz CT molecular complexity index is 1550. The largest absolute Gasteiger partial charge is 0.507 e. The molecule has 1 N–H and O–H groups in total. The summed E-state index contributed by atoms with van der Waals surface area (Å²) < 4.78 is 6.79. The summed E-state index contributed by atoms with van der Waals surface area (Å²) >= 11 is 0. The number of unbranched alkanes of at least 4 members (excludes halogenated alkanes) is 1. The topological polar surface area (TPSA) is 96.4 Å². The number of hydrogen-bond donors (Lipinski definition) is 1. The molecule has 2 unspecified atom stereocenters. The number of aromatic hydroxyl groups is 1. The first-order valence-corrected chi connectivity index (χ1v) is 19.6. The number of rotatable bonds is 8. The lowest BCUT2D eigenvalue weighted by molar-refractivity contribution is -0.270. The fourth-order valence-electron chi connectivity index (χ4n) is 8.54. The van der Waals surface area contributed by atoms with Crippen molar-refractivity contribution in [1.82, 2.24) is 9.96 Å². The molecule has 1 amide bonds. The lowest BCUT2D eigenvalue weighted by Crippen LogP contribution is -2.65. The van der Waals surface area contributed by atoms with Gasteiger partial charge in [-0.15, -0.1) is 5.06 Å². The molecule has 53 heavy (non-hydrogen) atoms. The second kappa shape index (κ2) is 14.8. The number of piperidine rings is 1. The highest BCUT2D eigenvalue weighted by Crippen LogP contribution is 2.52. The summed E-state index contributed by atoms with van der Waals surface area (Å²) in [5, 5.41) is 13.2. The zero-order valence-electron chi connectivity index (χ0n) is 36.5. The number of carbonyl (C=O) groups is 3. The van der Waals surface area contributed by atoms with E-state index >= 15 is 0 Å². The van der Waals surface area contributed by atoms with Crippen molar-refractivity contribution in [1.29, 1.82) is 0 Å². The summed E-state index contributed by atoms with van der Waals surface area (Å²) in [6.45, 7) is 37.2. The predicted octanol–water partition coefficient (Wildman–Crippen LogP) is 10.2. The van der Waals surface area contributed by atoms with Crippen LogP contribution in [0.3, 0.4) is 0 Å². The molecule has 0 bridgehead atoms. The van der Waals surface area contributed by atoms with Crippen LogP contribution >= 0.6 is 0 Å². The third-order valence-corrected chi connectivity index (χ3v) is 11.1. The van der Waals surface area contributed by atoms with Crippen LogP contribution in [0.15, 0.2) is 35.9 Å². The van der Waals surface area contributed by atoms with E-state index in [1.54, 1.807) is 12.1 Å². The van der Waals surface area contributed by atoms with Gasteiger partial charge in [0.15, 0.2) is 0 Å². The van der Waals surface area contributed by atoms with Crippen LogP contribution in [0.1, 0.15) is 172 Å². The monoisotopic (exact) mass is 737 g/mol. The first-order chi connectivity index (χ1) is 23.8. The van der Waals surface area contributed by atoms with E-state index < -0.39 is 44.3 Å². The number of esters is 1. The smallest absolute Gasteiger partial charge is 0.339 e. The minimum atomic E-state index is -1.10. The van der Waals surface area contributed by atoms with E-state index in [2.05, 4.69) is 76.2 Å². The van der Waals surface area contributed by atoms with E-state index in [0.29, 0.717) is 41.6 Å². The summed E-state index contributed by atoms with van der Waals surface area (Å²) in [5.74, 6) is -1.01. The minimum absolute atomic E-state index is 0.0431. The summed E-state index contributed by atoms with van der Waals surface area (Å²) in [6.07, 6.45) is 8.95. The van der Waals surface area contributed by atoms with Crippen molar-refractivity contribution < 1.29 is 29.1 Å². The highest BCUT2D eigenvalue weighted by atomic mass is 16.7. The van der Waals surface area contributed by atoms with E-state index in [4.69, 9.17) is 9.57 Å². The first-order valence-electron chi connectivity index (χ1n) is 19.6. The zero-order valence-corrected chi connectivity index (χ0v) is 36.5. The Kier molecular flexibility index (Phi) is 12.4. The van der Waals surface area contributed by atoms with Crippen LogP contribution in [0.4, 0.5) is 0 Å². The molecule has 1 aliphatic heterocycles. The summed E-state index contributed by atoms with van der Waals surface area (Å²) in [6, 6.07) is 3.46. The van der Waals surface area contributed by atoms with E-state index in [1.165, 1.54) is 6.92 Å². The molecule has 1 saturated heterocycles. The Labute approximate surface area is 321 Å². The third-order valence-electron chi connectivity index (χ3n) is 11.1. The van der Waals surface area contributed by atoms with E-state index in [-0.39, 0.29) is 29.6 Å². The maximum Gasteiger partial charge on any atom is 0.339 e. The van der Waals surface area contributed by atoms with E-state index in [1.807, 2.05) is 69.7 Å². The molecule has 8 heteroatoms. The number of hydrogen-bond acceptors (Lipinski definition) is 7. The number of phenols is 1. The molecule has 0 radical (unpaired) electrons. The van der Waals surface area contributed by atoms with Crippen LogP contribution < -0.4 is 0 Å². The summed E-state index contributed by atoms with van der Waals surface area (Å²) in [5.41, 5.74) is -1.52. The van der Waals surface area contributed by atoms with Crippen molar-refractivity contribution in [3.05, 3.63) is 52.6 Å². The maximum absolute atomic E-state index is 14.8. The molecule has 1 aromatic carbocycles. The Balaban J connectivity index is 2.14. The van der Waals surface area contributed by atoms with Crippen molar-refractivity contribution >= 4 is 17.8 Å². The van der Waals surface area contributed by atoms with E-state index in [9.17, 15) is 19.5 Å². The molecule has 0 aromatic heterocycles. The molecule has 1 aromatic rings. The molecule has 2 atom stereocenters. The Morgan fingerprint density at radius 2 is 1.36 bits per heavy atom. The lowest BCUT2D eigenvalue weighted by atomic mass is 9.58. The lowest BCUT2D eigenvalue weighted by Gasteiger charge is -2.55. The molecule has 0 spiro atoms. The van der Waals surface area contributed by atoms with Crippen molar-refractivity contribution in [2.75, 3.05) is 6.54 Å². The average molecular weight is 737 g/mol. The fraction of sp³-hybridized carbons (Fsp3) is 0.711. The Morgan fingerprint density at radius 1 is 0.868 bits per heavy atom. The van der Waals surface area contributed by atoms with Gasteiger partial charge in [0.05, 0.1) is 16.6 Å². The summed E-state index contributed by atoms with van der Waals surface area (Å²) in [4.78, 5) is 49.2. The van der Waals surface area contributed by atoms with Crippen LogP contribution in [0.2, 0.25) is 0 Å². The second-order valence-electron chi connectivity index (χ2n) is 21.1. The second-order valence-corrected chi connectivity index (χ2v) is 21.1. The quantitative estimate of drug-likeness (QED) is 0.266. The molecule has 1 aliphatic carbocycles. The number of phenolic OH excluding ortho intramolecular Hbond substituents is 1. The van der Waals surface area contributed by atoms with Crippen LogP contribution in [0.25, 0.3) is 0 Å². The highest BCUT2D eigenvalue weighted by Gasteiger charge is 2.55. The molecular weight excluding hydrogens is 665 g/mol. The third kappa shape index (κ3) is 9.40. The van der Waals surface area contributed by atoms with Gasteiger partial charge in [0, 0.05) is 47.5 Å². The average Bonchev–Trinajstić information content (AvgIpc) is 2.96. The first kappa shape index (κ1) is 44.3. The molecule has 0 saturated carbocycles. The number of hydroxylamine groups is 2. The van der Waals surface area contributed by atoms with Gasteiger partial charge >= 0.3 is 11.9 Å². The molecule has 2 aliphatic rings. The Hall–Kier alpha value is -3.13. The molecule has 3 rings (SSSR count). The molecule has 8 nitrogen and oxygen atoms in total. The van der Waals surface area contributed by atoms with Crippen molar-refractivity contribution in [3.63, 3.8) is 0 Å². The van der Waals surface area contributed by atoms with Crippen molar-refractivity contribution in [2.24, 2.45) is 16.7 Å². The zero-order chi connectivity index (χ0) is 40.9. The standard InChI is InChI=1S/C45H72N2O6/c1-19-20-23-46(32-27-43(15,16)47(53-29(2)48)44(17,18)28-32)37(50)30-21-22-45(42(12,13)14,35(26-30)41(9,10)11)52-38(51)31-24-33(39(3,4)5)36(49)34(25-31)40(6,7)8/h21-22,24-26,32,35,49H,19-20,23,27-28H2,1-18H3. The number of amides is 1. The Morgan fingerprint density at radius 3 is 1.75 bits per heavy atom. The van der Waals surface area contributed by atoms with Crippen LogP contribution in [-0.2, 0) is 30.0 Å². The number of nitrogens with zero attached hydrogens (tertiary/aromatic N) is 2. The van der Waals surface area contributed by atoms with Gasteiger partial charge < -0.3 is 19.6 Å². The molecule has 1 fully saturated rings. The van der Waals surface area contributed by atoms with Crippen LogP contribution in [-0.4, -0.2) is 62.2 Å². The van der Waals surface area contributed by atoms with Gasteiger partial charge in [0.1, 0.15) is 11.4 Å². The van der Waals surface area contributed by atoms with E-state index in [0.717, 1.165) is 12.8 Å². The minimum Gasteiger partial charge on any atom is -0.507 e. The molecule has 298 valence electrons. The molecule has 1 heterocycles. The number of carbonyl (C=O) groups excluding carboxylic acids is 3. The molecular formula is C45H72N2O6. The van der Waals surface area contributed by atoms with Crippen LogP contribution in [0, 0.1) is 16.7 Å². The van der Waals surface area contributed by atoms with Gasteiger partial charge in [-0.3, -0.25) is 9.59 Å². The fourth-order valence-corrected chi connectivity index (χ4v) is 8.54. The van der Waals surface area contributed by atoms with Crippen molar-refractivity contribution in [3.8, 4) is 5.75 Å². The van der Waals surface area contributed by atoms with Gasteiger partial charge in [-0.1, -0.05) is 103 Å².